The molecule has 2 rings (SSSR count). The molecule has 2 aromatic rings. The molecule has 0 bridgehead atoms. The van der Waals surface area contributed by atoms with Gasteiger partial charge in [0, 0.05) is 20.9 Å². The van der Waals surface area contributed by atoms with Crippen molar-refractivity contribution in [1.29, 1.82) is 0 Å². The summed E-state index contributed by atoms with van der Waals surface area (Å²) in [6, 6.07) is 11.9. The van der Waals surface area contributed by atoms with Gasteiger partial charge < -0.3 is 10.4 Å². The van der Waals surface area contributed by atoms with Crippen LogP contribution in [0.4, 0.5) is 10.1 Å². The first kappa shape index (κ1) is 13.1. The Hall–Kier alpha value is -1.30. The maximum Gasteiger partial charge on any atom is 0.126 e. The molecule has 0 aliphatic rings. The van der Waals surface area contributed by atoms with Crippen LogP contribution >= 0.6 is 22.6 Å². The lowest BCUT2D eigenvalue weighted by atomic mass is 10.1. The van der Waals surface area contributed by atoms with Crippen molar-refractivity contribution in [3.8, 4) is 5.75 Å². The van der Waals surface area contributed by atoms with Crippen LogP contribution < -0.4 is 5.32 Å². The number of phenolic OH excluding ortho intramolecular Hbond substituents is 1. The van der Waals surface area contributed by atoms with Gasteiger partial charge in [-0.3, -0.25) is 0 Å². The highest BCUT2D eigenvalue weighted by molar-refractivity contribution is 14.1. The predicted octanol–water partition coefficient (Wildman–Crippen LogP) is 4.31. The van der Waals surface area contributed by atoms with Crippen LogP contribution in [-0.4, -0.2) is 5.11 Å². The van der Waals surface area contributed by atoms with E-state index in [9.17, 15) is 9.50 Å². The Bertz CT molecular complexity index is 559. The third kappa shape index (κ3) is 2.93. The van der Waals surface area contributed by atoms with Gasteiger partial charge >= 0.3 is 0 Å². The summed E-state index contributed by atoms with van der Waals surface area (Å²) < 4.78 is 14.0. The number of hydrogen-bond acceptors (Lipinski definition) is 2. The summed E-state index contributed by atoms with van der Waals surface area (Å²) in [6.45, 7) is 1.93. The van der Waals surface area contributed by atoms with E-state index in [2.05, 4.69) is 27.9 Å². The van der Waals surface area contributed by atoms with Gasteiger partial charge in [-0.1, -0.05) is 18.2 Å². The molecule has 2 nitrogen and oxygen atoms in total. The SMILES string of the molecule is CC(Nc1ccccc1I)c1ccc(F)cc1O. The quantitative estimate of drug-likeness (QED) is 0.803. The number of aromatic hydroxyl groups is 1. The van der Waals surface area contributed by atoms with E-state index < -0.39 is 5.82 Å². The van der Waals surface area contributed by atoms with Gasteiger partial charge in [0.2, 0.25) is 0 Å². The molecule has 0 saturated carbocycles. The van der Waals surface area contributed by atoms with E-state index in [4.69, 9.17) is 0 Å². The highest BCUT2D eigenvalue weighted by Gasteiger charge is 2.11. The van der Waals surface area contributed by atoms with Crippen molar-refractivity contribution in [2.24, 2.45) is 0 Å². The molecule has 0 saturated heterocycles. The van der Waals surface area contributed by atoms with Gasteiger partial charge in [-0.05, 0) is 47.7 Å². The average Bonchev–Trinajstić information content (AvgIpc) is 2.32. The number of anilines is 1. The Kier molecular flexibility index (Phi) is 4.06. The van der Waals surface area contributed by atoms with Gasteiger partial charge in [0.25, 0.3) is 0 Å². The molecule has 0 amide bonds. The van der Waals surface area contributed by atoms with Gasteiger partial charge in [-0.25, -0.2) is 4.39 Å². The van der Waals surface area contributed by atoms with Gasteiger partial charge in [-0.15, -0.1) is 0 Å². The first-order valence-electron chi connectivity index (χ1n) is 5.57. The van der Waals surface area contributed by atoms with Crippen molar-refractivity contribution in [3.63, 3.8) is 0 Å². The largest absolute Gasteiger partial charge is 0.507 e. The van der Waals surface area contributed by atoms with Gasteiger partial charge in [0.1, 0.15) is 11.6 Å². The van der Waals surface area contributed by atoms with Crippen LogP contribution in [0.25, 0.3) is 0 Å². The van der Waals surface area contributed by atoms with E-state index in [1.165, 1.54) is 6.07 Å². The normalized spacial score (nSPS) is 12.2. The van der Waals surface area contributed by atoms with Crippen LogP contribution in [0.5, 0.6) is 5.75 Å². The second kappa shape index (κ2) is 5.56. The van der Waals surface area contributed by atoms with Crippen LogP contribution in [0, 0.1) is 9.39 Å². The molecule has 2 N–H and O–H groups in total. The molecule has 0 aromatic heterocycles. The minimum absolute atomic E-state index is 0.0269. The number of hydrogen-bond donors (Lipinski definition) is 2. The summed E-state index contributed by atoms with van der Waals surface area (Å²) in [4.78, 5) is 0. The van der Waals surface area contributed by atoms with E-state index in [0.717, 1.165) is 15.3 Å². The minimum atomic E-state index is -0.433. The van der Waals surface area contributed by atoms with Crippen molar-refractivity contribution in [2.45, 2.75) is 13.0 Å². The summed E-state index contributed by atoms with van der Waals surface area (Å²) in [5.74, 6) is -0.460. The summed E-state index contributed by atoms with van der Waals surface area (Å²) in [6.07, 6.45) is 0. The van der Waals surface area contributed by atoms with E-state index in [1.807, 2.05) is 31.2 Å². The third-order valence-corrected chi connectivity index (χ3v) is 3.65. The van der Waals surface area contributed by atoms with Crippen LogP contribution in [0.1, 0.15) is 18.5 Å². The number of para-hydroxylation sites is 1. The van der Waals surface area contributed by atoms with Crippen molar-refractivity contribution in [3.05, 3.63) is 57.4 Å². The van der Waals surface area contributed by atoms with Crippen LogP contribution in [0.15, 0.2) is 42.5 Å². The second-order valence-electron chi connectivity index (χ2n) is 4.05. The molecule has 2 aromatic carbocycles. The number of phenols is 1. The average molecular weight is 357 g/mol. The molecule has 0 aliphatic carbocycles. The van der Waals surface area contributed by atoms with Crippen molar-refractivity contribution < 1.29 is 9.50 Å². The predicted molar refractivity (Wildman–Crippen MR) is 79.3 cm³/mol. The molecule has 1 atom stereocenters. The molecule has 1 unspecified atom stereocenters. The zero-order valence-electron chi connectivity index (χ0n) is 9.82. The topological polar surface area (TPSA) is 32.3 Å². The molecule has 94 valence electrons. The van der Waals surface area contributed by atoms with Gasteiger partial charge in [0.05, 0.1) is 6.04 Å². The zero-order valence-corrected chi connectivity index (χ0v) is 12.0. The monoisotopic (exact) mass is 357 g/mol. The summed E-state index contributed by atoms with van der Waals surface area (Å²) in [5, 5.41) is 13.0. The van der Waals surface area contributed by atoms with Gasteiger partial charge in [-0.2, -0.15) is 0 Å². The summed E-state index contributed by atoms with van der Waals surface area (Å²) in [5.41, 5.74) is 1.67. The number of rotatable bonds is 3. The van der Waals surface area contributed by atoms with Crippen LogP contribution in [0.3, 0.4) is 0 Å². The molecule has 0 radical (unpaired) electrons. The minimum Gasteiger partial charge on any atom is -0.507 e. The van der Waals surface area contributed by atoms with E-state index in [-0.39, 0.29) is 11.8 Å². The van der Waals surface area contributed by atoms with Crippen LogP contribution in [-0.2, 0) is 0 Å². The molecule has 18 heavy (non-hydrogen) atoms. The lowest BCUT2D eigenvalue weighted by molar-refractivity contribution is 0.459. The smallest absolute Gasteiger partial charge is 0.126 e. The number of benzene rings is 2. The number of halogens is 2. The maximum atomic E-state index is 12.9. The fourth-order valence-electron chi connectivity index (χ4n) is 1.77. The summed E-state index contributed by atoms with van der Waals surface area (Å²) >= 11 is 2.24. The standard InChI is InChI=1S/C14H13FINO/c1-9(11-7-6-10(15)8-14(11)18)17-13-5-3-2-4-12(13)16/h2-9,17-18H,1H3. The highest BCUT2D eigenvalue weighted by Crippen LogP contribution is 2.29. The van der Waals surface area contributed by atoms with Crippen molar-refractivity contribution in [1.82, 2.24) is 0 Å². The van der Waals surface area contributed by atoms with Gasteiger partial charge in [0.15, 0.2) is 0 Å². The van der Waals surface area contributed by atoms with E-state index >= 15 is 0 Å². The molecule has 4 heteroatoms. The first-order chi connectivity index (χ1) is 8.58. The molecular formula is C14H13FINO. The molecule has 0 heterocycles. The number of nitrogens with one attached hydrogen (secondary N) is 1. The Morgan fingerprint density at radius 2 is 1.94 bits per heavy atom. The van der Waals surface area contributed by atoms with Crippen molar-refractivity contribution in [2.75, 3.05) is 5.32 Å². The zero-order chi connectivity index (χ0) is 13.1. The third-order valence-electron chi connectivity index (χ3n) is 2.70. The lowest BCUT2D eigenvalue weighted by Crippen LogP contribution is -2.08. The van der Waals surface area contributed by atoms with Crippen molar-refractivity contribution >= 4 is 28.3 Å². The molecule has 0 spiro atoms. The first-order valence-corrected chi connectivity index (χ1v) is 6.65. The Morgan fingerprint density at radius 3 is 2.61 bits per heavy atom. The molecule has 0 aliphatic heterocycles. The van der Waals surface area contributed by atoms with E-state index in [0.29, 0.717) is 5.56 Å². The van der Waals surface area contributed by atoms with E-state index in [1.54, 1.807) is 6.07 Å². The fourth-order valence-corrected chi connectivity index (χ4v) is 2.32. The fraction of sp³-hybridized carbons (Fsp3) is 0.143. The Balaban J connectivity index is 2.22. The Morgan fingerprint density at radius 1 is 1.22 bits per heavy atom. The molecule has 0 fully saturated rings. The maximum absolute atomic E-state index is 12.9. The lowest BCUT2D eigenvalue weighted by Gasteiger charge is -2.17. The Labute approximate surface area is 119 Å². The summed E-state index contributed by atoms with van der Waals surface area (Å²) in [7, 11) is 0. The molecular weight excluding hydrogens is 344 g/mol. The highest BCUT2D eigenvalue weighted by atomic mass is 127. The van der Waals surface area contributed by atoms with Crippen LogP contribution in [0.2, 0.25) is 0 Å². The second-order valence-corrected chi connectivity index (χ2v) is 5.21.